The van der Waals surface area contributed by atoms with Crippen LogP contribution in [0.2, 0.25) is 5.02 Å². The summed E-state index contributed by atoms with van der Waals surface area (Å²) in [5.74, 6) is 1.61. The predicted molar refractivity (Wildman–Crippen MR) is 111 cm³/mol. The summed E-state index contributed by atoms with van der Waals surface area (Å²) in [4.78, 5) is 20.7. The number of hydrogen-bond donors (Lipinski definition) is 1. The zero-order chi connectivity index (χ0) is 19.1. The fraction of sp³-hybridized carbons (Fsp3) is 0.368. The molecule has 0 spiro atoms. The molecule has 1 aromatic carbocycles. The third-order valence-electron chi connectivity index (χ3n) is 4.29. The normalized spacial score (nSPS) is 14.1. The van der Waals surface area contributed by atoms with Crippen LogP contribution in [0.25, 0.3) is 0 Å². The average Bonchev–Trinajstić information content (AvgIpc) is 2.70. The van der Waals surface area contributed by atoms with Crippen LogP contribution in [0.15, 0.2) is 47.1 Å². The lowest BCUT2D eigenvalue weighted by Crippen LogP contribution is -2.52. The maximum Gasteiger partial charge on any atom is 0.317 e. The number of benzene rings is 1. The summed E-state index contributed by atoms with van der Waals surface area (Å²) in [6.07, 6.45) is 2.50. The number of nitrogens with one attached hydrogen (secondary N) is 1. The minimum absolute atomic E-state index is 0.0302. The van der Waals surface area contributed by atoms with Crippen LogP contribution < -0.4 is 15.0 Å². The van der Waals surface area contributed by atoms with Gasteiger partial charge in [-0.3, -0.25) is 0 Å². The smallest absolute Gasteiger partial charge is 0.317 e. The van der Waals surface area contributed by atoms with Crippen molar-refractivity contribution < 1.29 is 9.53 Å². The van der Waals surface area contributed by atoms with Crippen molar-refractivity contribution in [3.63, 3.8) is 0 Å². The van der Waals surface area contributed by atoms with Gasteiger partial charge in [-0.15, -0.1) is 0 Å². The molecule has 1 aliphatic rings. The number of pyridine rings is 1. The molecule has 8 heteroatoms. The molecular weight excluding hydrogens is 432 g/mol. The van der Waals surface area contributed by atoms with E-state index in [0.29, 0.717) is 43.4 Å². The highest BCUT2D eigenvalue weighted by Gasteiger charge is 2.21. The fourth-order valence-electron chi connectivity index (χ4n) is 2.83. The van der Waals surface area contributed by atoms with Crippen LogP contribution in [0, 0.1) is 0 Å². The third kappa shape index (κ3) is 5.74. The quantitative estimate of drug-likeness (QED) is 0.676. The Labute approximate surface area is 172 Å². The van der Waals surface area contributed by atoms with Crippen molar-refractivity contribution in [2.24, 2.45) is 0 Å². The van der Waals surface area contributed by atoms with Gasteiger partial charge in [0, 0.05) is 43.4 Å². The topological polar surface area (TPSA) is 57.7 Å². The minimum atomic E-state index is -0.0302. The van der Waals surface area contributed by atoms with Crippen molar-refractivity contribution >= 4 is 39.4 Å². The zero-order valence-electron chi connectivity index (χ0n) is 14.9. The van der Waals surface area contributed by atoms with E-state index < -0.39 is 0 Å². The van der Waals surface area contributed by atoms with Crippen LogP contribution in [0.1, 0.15) is 6.42 Å². The lowest BCUT2D eigenvalue weighted by atomic mass is 10.3. The number of anilines is 1. The first kappa shape index (κ1) is 19.8. The largest absolute Gasteiger partial charge is 0.492 e. The number of nitrogens with zero attached hydrogens (tertiary/aromatic N) is 3. The molecule has 0 aliphatic carbocycles. The molecule has 2 amide bonds. The summed E-state index contributed by atoms with van der Waals surface area (Å²) in [5, 5.41) is 3.52. The molecule has 1 saturated heterocycles. The summed E-state index contributed by atoms with van der Waals surface area (Å²) in [7, 11) is 0. The maximum atomic E-state index is 12.3. The molecule has 27 heavy (non-hydrogen) atoms. The summed E-state index contributed by atoms with van der Waals surface area (Å²) >= 11 is 9.47. The van der Waals surface area contributed by atoms with Crippen LogP contribution in [0.3, 0.4) is 0 Å². The number of aromatic nitrogens is 1. The molecule has 0 saturated carbocycles. The zero-order valence-corrected chi connectivity index (χ0v) is 17.2. The van der Waals surface area contributed by atoms with Gasteiger partial charge in [0.25, 0.3) is 0 Å². The predicted octanol–water partition coefficient (Wildman–Crippen LogP) is 3.80. The van der Waals surface area contributed by atoms with Gasteiger partial charge in [-0.1, -0.05) is 33.6 Å². The number of carbonyl (C=O) groups is 1. The number of halogens is 2. The molecule has 1 fully saturated rings. The Bertz CT molecular complexity index is 755. The summed E-state index contributed by atoms with van der Waals surface area (Å²) < 4.78 is 6.56. The van der Waals surface area contributed by atoms with E-state index >= 15 is 0 Å². The molecule has 0 atom stereocenters. The van der Waals surface area contributed by atoms with E-state index in [2.05, 4.69) is 31.1 Å². The SMILES string of the molecule is O=C(NCCCOc1ccc(Br)cc1Cl)N1CCN(c2ccccn2)CC1. The van der Waals surface area contributed by atoms with Crippen LogP contribution in [0.5, 0.6) is 5.75 Å². The Hall–Kier alpha value is -1.99. The third-order valence-corrected chi connectivity index (χ3v) is 5.08. The van der Waals surface area contributed by atoms with E-state index in [4.69, 9.17) is 16.3 Å². The highest BCUT2D eigenvalue weighted by Crippen LogP contribution is 2.27. The second-order valence-electron chi connectivity index (χ2n) is 6.17. The Morgan fingerprint density at radius 3 is 2.74 bits per heavy atom. The van der Waals surface area contributed by atoms with Crippen molar-refractivity contribution in [2.75, 3.05) is 44.2 Å². The van der Waals surface area contributed by atoms with E-state index in [9.17, 15) is 4.79 Å². The second kappa shape index (κ2) is 9.80. The number of amides is 2. The van der Waals surface area contributed by atoms with Crippen molar-refractivity contribution in [3.8, 4) is 5.75 Å². The molecule has 6 nitrogen and oxygen atoms in total. The van der Waals surface area contributed by atoms with Crippen LogP contribution in [-0.2, 0) is 0 Å². The van der Waals surface area contributed by atoms with E-state index in [1.807, 2.05) is 35.2 Å². The molecule has 1 aromatic heterocycles. The molecule has 1 aliphatic heterocycles. The lowest BCUT2D eigenvalue weighted by molar-refractivity contribution is 0.193. The van der Waals surface area contributed by atoms with Gasteiger partial charge < -0.3 is 19.9 Å². The van der Waals surface area contributed by atoms with Gasteiger partial charge in [0.2, 0.25) is 0 Å². The van der Waals surface area contributed by atoms with Gasteiger partial charge >= 0.3 is 6.03 Å². The van der Waals surface area contributed by atoms with E-state index in [0.717, 1.165) is 23.4 Å². The molecular formula is C19H22BrClN4O2. The summed E-state index contributed by atoms with van der Waals surface area (Å²) in [6, 6.07) is 11.3. The standard InChI is InChI=1S/C19H22BrClN4O2/c20-15-5-6-17(16(21)14-15)27-13-3-8-23-19(26)25-11-9-24(10-12-25)18-4-1-2-7-22-18/h1-2,4-7,14H,3,8-13H2,(H,23,26). The van der Waals surface area contributed by atoms with E-state index in [1.165, 1.54) is 0 Å². The van der Waals surface area contributed by atoms with Crippen LogP contribution >= 0.6 is 27.5 Å². The second-order valence-corrected chi connectivity index (χ2v) is 7.49. The molecule has 144 valence electrons. The fourth-order valence-corrected chi connectivity index (χ4v) is 3.56. The molecule has 0 unspecified atom stereocenters. The Morgan fingerprint density at radius 1 is 1.22 bits per heavy atom. The van der Waals surface area contributed by atoms with Crippen molar-refractivity contribution in [1.82, 2.24) is 15.2 Å². The number of piperazine rings is 1. The highest BCUT2D eigenvalue weighted by molar-refractivity contribution is 9.10. The molecule has 0 bridgehead atoms. The lowest BCUT2D eigenvalue weighted by Gasteiger charge is -2.35. The van der Waals surface area contributed by atoms with Gasteiger partial charge in [0.05, 0.1) is 11.6 Å². The summed E-state index contributed by atoms with van der Waals surface area (Å²) in [6.45, 7) is 4.01. The van der Waals surface area contributed by atoms with Crippen LogP contribution in [-0.4, -0.2) is 55.2 Å². The minimum Gasteiger partial charge on any atom is -0.492 e. The first-order chi connectivity index (χ1) is 13.1. The molecule has 0 radical (unpaired) electrons. The van der Waals surface area contributed by atoms with Gasteiger partial charge in [0.15, 0.2) is 0 Å². The number of rotatable bonds is 6. The first-order valence-corrected chi connectivity index (χ1v) is 10.1. The Balaban J connectivity index is 1.33. The van der Waals surface area contributed by atoms with Crippen molar-refractivity contribution in [2.45, 2.75) is 6.42 Å². The van der Waals surface area contributed by atoms with Crippen LogP contribution in [0.4, 0.5) is 10.6 Å². The van der Waals surface area contributed by atoms with Gasteiger partial charge in [0.1, 0.15) is 11.6 Å². The maximum absolute atomic E-state index is 12.3. The van der Waals surface area contributed by atoms with Gasteiger partial charge in [-0.05, 0) is 36.8 Å². The molecule has 3 rings (SSSR count). The number of urea groups is 1. The first-order valence-electron chi connectivity index (χ1n) is 8.90. The number of carbonyl (C=O) groups excluding carboxylic acids is 1. The van der Waals surface area contributed by atoms with E-state index in [-0.39, 0.29) is 6.03 Å². The average molecular weight is 454 g/mol. The Morgan fingerprint density at radius 2 is 2.04 bits per heavy atom. The monoisotopic (exact) mass is 452 g/mol. The summed E-state index contributed by atoms with van der Waals surface area (Å²) in [5.41, 5.74) is 0. The number of ether oxygens (including phenoxy) is 1. The van der Waals surface area contributed by atoms with E-state index in [1.54, 1.807) is 12.3 Å². The van der Waals surface area contributed by atoms with Gasteiger partial charge in [-0.25, -0.2) is 9.78 Å². The van der Waals surface area contributed by atoms with Crippen molar-refractivity contribution in [1.29, 1.82) is 0 Å². The highest BCUT2D eigenvalue weighted by atomic mass is 79.9. The Kier molecular flexibility index (Phi) is 7.18. The molecule has 1 N–H and O–H groups in total. The molecule has 2 heterocycles. The number of hydrogen-bond acceptors (Lipinski definition) is 4. The molecule has 2 aromatic rings. The van der Waals surface area contributed by atoms with Crippen molar-refractivity contribution in [3.05, 3.63) is 52.1 Å². The van der Waals surface area contributed by atoms with Gasteiger partial charge in [-0.2, -0.15) is 0 Å².